The van der Waals surface area contributed by atoms with Gasteiger partial charge in [0.2, 0.25) is 0 Å². The van der Waals surface area contributed by atoms with Gasteiger partial charge in [-0.05, 0) is 46.1 Å². The van der Waals surface area contributed by atoms with E-state index < -0.39 is 5.60 Å². The van der Waals surface area contributed by atoms with Gasteiger partial charge in [-0.15, -0.1) is 0 Å². The number of hydrogen-bond acceptors (Lipinski definition) is 4. The van der Waals surface area contributed by atoms with Crippen LogP contribution < -0.4 is 10.6 Å². The third-order valence-corrected chi connectivity index (χ3v) is 3.45. The van der Waals surface area contributed by atoms with Crippen molar-refractivity contribution in [3.63, 3.8) is 0 Å². The molecule has 1 saturated carbocycles. The van der Waals surface area contributed by atoms with Crippen molar-refractivity contribution < 1.29 is 13.9 Å². The van der Waals surface area contributed by atoms with Crippen LogP contribution in [0.4, 0.5) is 4.79 Å². The highest BCUT2D eigenvalue weighted by atomic mass is 16.6. The number of alkyl carbamates (subject to hydrolysis) is 1. The molecular formula is C15H24N2O3. The lowest BCUT2D eigenvalue weighted by Gasteiger charge is -2.42. The Labute approximate surface area is 120 Å². The largest absolute Gasteiger partial charge is 0.472 e. The van der Waals surface area contributed by atoms with Crippen molar-refractivity contribution >= 4 is 6.09 Å². The summed E-state index contributed by atoms with van der Waals surface area (Å²) in [4.78, 5) is 11.9. The van der Waals surface area contributed by atoms with Gasteiger partial charge in [0.1, 0.15) is 5.60 Å². The molecule has 0 bridgehead atoms. The lowest BCUT2D eigenvalue weighted by molar-refractivity contribution is 0.0382. The van der Waals surface area contributed by atoms with E-state index in [0.717, 1.165) is 37.9 Å². The second-order valence-corrected chi connectivity index (χ2v) is 6.50. The molecule has 1 aliphatic carbocycles. The zero-order valence-corrected chi connectivity index (χ0v) is 12.5. The second-order valence-electron chi connectivity index (χ2n) is 6.50. The molecule has 0 radical (unpaired) electrons. The molecule has 0 saturated heterocycles. The summed E-state index contributed by atoms with van der Waals surface area (Å²) >= 11 is 0. The van der Waals surface area contributed by atoms with Crippen molar-refractivity contribution in [2.75, 3.05) is 6.54 Å². The Bertz CT molecular complexity index is 430. The van der Waals surface area contributed by atoms with E-state index in [1.54, 1.807) is 12.5 Å². The highest BCUT2D eigenvalue weighted by molar-refractivity contribution is 5.69. The topological polar surface area (TPSA) is 63.5 Å². The van der Waals surface area contributed by atoms with Gasteiger partial charge in [-0.25, -0.2) is 4.79 Å². The molecule has 0 atom stereocenters. The van der Waals surface area contributed by atoms with E-state index in [9.17, 15) is 4.79 Å². The summed E-state index contributed by atoms with van der Waals surface area (Å²) in [5, 5.41) is 6.39. The average molecular weight is 280 g/mol. The van der Waals surface area contributed by atoms with Crippen molar-refractivity contribution in [1.82, 2.24) is 10.6 Å². The number of rotatable bonds is 5. The minimum atomic E-state index is -0.459. The van der Waals surface area contributed by atoms with Crippen molar-refractivity contribution in [1.29, 1.82) is 0 Å². The fourth-order valence-electron chi connectivity index (χ4n) is 2.31. The highest BCUT2D eigenvalue weighted by Gasteiger charge is 2.39. The van der Waals surface area contributed by atoms with Crippen molar-refractivity contribution in [2.45, 2.75) is 57.7 Å². The molecule has 1 aromatic heterocycles. The Hall–Kier alpha value is -1.49. The summed E-state index contributed by atoms with van der Waals surface area (Å²) in [6.45, 7) is 7.11. The van der Waals surface area contributed by atoms with Gasteiger partial charge in [0.15, 0.2) is 0 Å². The normalized spacial score (nSPS) is 17.4. The molecule has 0 spiro atoms. The summed E-state index contributed by atoms with van der Waals surface area (Å²) < 4.78 is 10.4. The van der Waals surface area contributed by atoms with Crippen LogP contribution in [0.3, 0.4) is 0 Å². The SMILES string of the molecule is CC(C)(C)OC(=O)NC1(CNCc2ccoc2)CCC1. The molecule has 20 heavy (non-hydrogen) atoms. The first-order chi connectivity index (χ1) is 9.39. The second kappa shape index (κ2) is 5.87. The highest BCUT2D eigenvalue weighted by Crippen LogP contribution is 2.31. The number of carbonyl (C=O) groups excluding carboxylic acids is 1. The van der Waals surface area contributed by atoms with Gasteiger partial charge in [0.25, 0.3) is 0 Å². The Kier molecular flexibility index (Phi) is 4.38. The number of hydrogen-bond donors (Lipinski definition) is 2. The number of nitrogens with one attached hydrogen (secondary N) is 2. The average Bonchev–Trinajstić information content (AvgIpc) is 2.75. The Morgan fingerprint density at radius 2 is 2.20 bits per heavy atom. The van der Waals surface area contributed by atoms with Crippen LogP contribution in [0.25, 0.3) is 0 Å². The maximum atomic E-state index is 11.9. The first-order valence-corrected chi connectivity index (χ1v) is 7.12. The predicted octanol–water partition coefficient (Wildman–Crippen LogP) is 2.82. The molecule has 1 aliphatic rings. The quantitative estimate of drug-likeness (QED) is 0.870. The summed E-state index contributed by atoms with van der Waals surface area (Å²) in [7, 11) is 0. The number of furan rings is 1. The van der Waals surface area contributed by atoms with E-state index in [1.165, 1.54) is 0 Å². The van der Waals surface area contributed by atoms with Gasteiger partial charge >= 0.3 is 6.09 Å². The molecule has 0 unspecified atom stereocenters. The summed E-state index contributed by atoms with van der Waals surface area (Å²) in [5.41, 5.74) is 0.488. The molecule has 2 N–H and O–H groups in total. The van der Waals surface area contributed by atoms with Crippen LogP contribution in [0.1, 0.15) is 45.6 Å². The third-order valence-electron chi connectivity index (χ3n) is 3.45. The zero-order chi connectivity index (χ0) is 14.6. The first kappa shape index (κ1) is 14.9. The van der Waals surface area contributed by atoms with Crippen molar-refractivity contribution in [3.8, 4) is 0 Å². The molecule has 1 amide bonds. The predicted molar refractivity (Wildman–Crippen MR) is 76.4 cm³/mol. The van der Waals surface area contributed by atoms with Gasteiger partial charge in [0.05, 0.1) is 18.1 Å². The van der Waals surface area contributed by atoms with E-state index in [0.29, 0.717) is 0 Å². The molecular weight excluding hydrogens is 256 g/mol. The van der Waals surface area contributed by atoms with Crippen LogP contribution in [0, 0.1) is 0 Å². The molecule has 2 rings (SSSR count). The minimum Gasteiger partial charge on any atom is -0.472 e. The van der Waals surface area contributed by atoms with Gasteiger partial charge in [-0.3, -0.25) is 0 Å². The van der Waals surface area contributed by atoms with Crippen LogP contribution in [-0.2, 0) is 11.3 Å². The molecule has 1 fully saturated rings. The van der Waals surface area contributed by atoms with Crippen LogP contribution in [-0.4, -0.2) is 23.8 Å². The smallest absolute Gasteiger partial charge is 0.408 e. The van der Waals surface area contributed by atoms with Gasteiger partial charge < -0.3 is 19.8 Å². The molecule has 0 aliphatic heterocycles. The summed E-state index contributed by atoms with van der Waals surface area (Å²) in [5.74, 6) is 0. The maximum absolute atomic E-state index is 11.9. The fraction of sp³-hybridized carbons (Fsp3) is 0.667. The molecule has 1 heterocycles. The lowest BCUT2D eigenvalue weighted by atomic mass is 9.76. The van der Waals surface area contributed by atoms with E-state index in [2.05, 4.69) is 10.6 Å². The van der Waals surface area contributed by atoms with Crippen LogP contribution in [0.5, 0.6) is 0 Å². The first-order valence-electron chi connectivity index (χ1n) is 7.12. The minimum absolute atomic E-state index is 0.161. The van der Waals surface area contributed by atoms with E-state index in [1.807, 2.05) is 26.8 Å². The van der Waals surface area contributed by atoms with Gasteiger partial charge in [0, 0.05) is 18.7 Å². The Morgan fingerprint density at radius 1 is 1.45 bits per heavy atom. The number of carbonyl (C=O) groups is 1. The van der Waals surface area contributed by atoms with Crippen LogP contribution in [0.15, 0.2) is 23.0 Å². The van der Waals surface area contributed by atoms with Crippen molar-refractivity contribution in [2.24, 2.45) is 0 Å². The summed E-state index contributed by atoms with van der Waals surface area (Å²) in [6, 6.07) is 1.93. The molecule has 5 heteroatoms. The fourth-order valence-corrected chi connectivity index (χ4v) is 2.31. The molecule has 112 valence electrons. The van der Waals surface area contributed by atoms with Crippen LogP contribution in [0.2, 0.25) is 0 Å². The number of amides is 1. The molecule has 1 aromatic rings. The standard InChI is InChI=1S/C15H24N2O3/c1-14(2,3)20-13(18)17-15(6-4-7-15)11-16-9-12-5-8-19-10-12/h5,8,10,16H,4,6-7,9,11H2,1-3H3,(H,17,18). The Balaban J connectivity index is 1.78. The third kappa shape index (κ3) is 4.27. The summed E-state index contributed by atoms with van der Waals surface area (Å²) in [6.07, 6.45) is 6.18. The zero-order valence-electron chi connectivity index (χ0n) is 12.5. The maximum Gasteiger partial charge on any atom is 0.408 e. The van der Waals surface area contributed by atoms with Gasteiger partial charge in [-0.1, -0.05) is 0 Å². The van der Waals surface area contributed by atoms with Crippen molar-refractivity contribution in [3.05, 3.63) is 24.2 Å². The molecule has 0 aromatic carbocycles. The van der Waals surface area contributed by atoms with E-state index >= 15 is 0 Å². The monoisotopic (exact) mass is 280 g/mol. The van der Waals surface area contributed by atoms with Crippen LogP contribution >= 0.6 is 0 Å². The lowest BCUT2D eigenvalue weighted by Crippen LogP contribution is -2.59. The van der Waals surface area contributed by atoms with E-state index in [-0.39, 0.29) is 11.6 Å². The number of ether oxygens (including phenoxy) is 1. The Morgan fingerprint density at radius 3 is 2.70 bits per heavy atom. The van der Waals surface area contributed by atoms with E-state index in [4.69, 9.17) is 9.15 Å². The molecule has 5 nitrogen and oxygen atoms in total. The van der Waals surface area contributed by atoms with Gasteiger partial charge in [-0.2, -0.15) is 0 Å².